The molecule has 0 unspecified atom stereocenters. The van der Waals surface area contributed by atoms with E-state index in [4.69, 9.17) is 0 Å². The van der Waals surface area contributed by atoms with Crippen LogP contribution in [0.5, 0.6) is 0 Å². The molecule has 1 N–H and O–H groups in total. The number of aromatic nitrogens is 6. The average Bonchev–Trinajstić information content (AvgIpc) is 3.50. The summed E-state index contributed by atoms with van der Waals surface area (Å²) in [5.74, 6) is 0.814. The van der Waals surface area contributed by atoms with Gasteiger partial charge in [-0.1, -0.05) is 12.1 Å². The highest BCUT2D eigenvalue weighted by Crippen LogP contribution is 2.37. The van der Waals surface area contributed by atoms with E-state index in [9.17, 15) is 4.79 Å². The summed E-state index contributed by atoms with van der Waals surface area (Å²) in [6.07, 6.45) is 8.95. The van der Waals surface area contributed by atoms with E-state index < -0.39 is 0 Å². The van der Waals surface area contributed by atoms with Gasteiger partial charge in [-0.3, -0.25) is 14.8 Å². The molecule has 0 atom stereocenters. The van der Waals surface area contributed by atoms with Crippen molar-refractivity contribution in [2.24, 2.45) is 0 Å². The molecule has 4 aromatic rings. The topological polar surface area (TPSA) is 98.5 Å². The van der Waals surface area contributed by atoms with Gasteiger partial charge >= 0.3 is 0 Å². The maximum atomic E-state index is 12.9. The Bertz CT molecular complexity index is 1170. The highest BCUT2D eigenvalue weighted by atomic mass is 16.1. The summed E-state index contributed by atoms with van der Waals surface area (Å²) in [6.45, 7) is 0. The number of hydrogen-bond donors (Lipinski definition) is 1. The zero-order chi connectivity index (χ0) is 19.6. The van der Waals surface area contributed by atoms with Gasteiger partial charge in [0, 0.05) is 30.2 Å². The molecule has 0 bridgehead atoms. The van der Waals surface area contributed by atoms with Crippen LogP contribution in [0.25, 0.3) is 22.6 Å². The number of carbonyl (C=O) groups excluding carboxylic acids is 1. The third kappa shape index (κ3) is 3.47. The average molecular weight is 383 g/mol. The van der Waals surface area contributed by atoms with Gasteiger partial charge in [-0.05, 0) is 48.7 Å². The van der Waals surface area contributed by atoms with Gasteiger partial charge in [0.1, 0.15) is 23.5 Å². The molecule has 0 radical (unpaired) electrons. The first-order valence-corrected chi connectivity index (χ1v) is 9.33. The smallest absolute Gasteiger partial charge is 0.276 e. The maximum absolute atomic E-state index is 12.9. The van der Waals surface area contributed by atoms with Crippen molar-refractivity contribution < 1.29 is 4.79 Å². The van der Waals surface area contributed by atoms with Crippen molar-refractivity contribution in [1.82, 2.24) is 29.7 Å². The second-order valence-corrected chi connectivity index (χ2v) is 6.79. The van der Waals surface area contributed by atoms with Gasteiger partial charge in [0.15, 0.2) is 5.82 Å². The molecular formula is C21H17N7O. The van der Waals surface area contributed by atoms with Crippen LogP contribution in [0.4, 0.5) is 5.82 Å². The molecule has 1 amide bonds. The number of pyridine rings is 3. The quantitative estimate of drug-likeness (QED) is 0.567. The predicted octanol–water partition coefficient (Wildman–Crippen LogP) is 3.38. The molecule has 0 aromatic carbocycles. The lowest BCUT2D eigenvalue weighted by molar-refractivity contribution is 0.102. The fraction of sp³-hybridized carbons (Fsp3) is 0.143. The van der Waals surface area contributed by atoms with E-state index in [1.165, 1.54) is 0 Å². The third-order valence-electron chi connectivity index (χ3n) is 4.75. The van der Waals surface area contributed by atoms with Crippen molar-refractivity contribution >= 4 is 11.7 Å². The summed E-state index contributed by atoms with van der Waals surface area (Å²) < 4.78 is 2.04. The number of rotatable bonds is 5. The molecule has 4 aromatic heterocycles. The normalized spacial score (nSPS) is 13.2. The van der Waals surface area contributed by atoms with Crippen LogP contribution in [0.3, 0.4) is 0 Å². The lowest BCUT2D eigenvalue weighted by Crippen LogP contribution is -2.16. The maximum Gasteiger partial charge on any atom is 0.276 e. The molecule has 1 fully saturated rings. The second kappa shape index (κ2) is 7.23. The van der Waals surface area contributed by atoms with Crippen LogP contribution in [0.1, 0.15) is 29.4 Å². The Hall–Kier alpha value is -3.94. The largest absolute Gasteiger partial charge is 0.309 e. The number of anilines is 1. The van der Waals surface area contributed by atoms with Gasteiger partial charge in [0.05, 0.1) is 0 Å². The van der Waals surface area contributed by atoms with Crippen molar-refractivity contribution in [3.05, 3.63) is 73.1 Å². The molecule has 0 saturated heterocycles. The van der Waals surface area contributed by atoms with Crippen molar-refractivity contribution in [2.75, 3.05) is 5.32 Å². The van der Waals surface area contributed by atoms with Crippen LogP contribution in [-0.4, -0.2) is 35.6 Å². The van der Waals surface area contributed by atoms with E-state index in [0.29, 0.717) is 29.1 Å². The lowest BCUT2D eigenvalue weighted by Gasteiger charge is -2.10. The van der Waals surface area contributed by atoms with E-state index in [1.807, 2.05) is 34.9 Å². The van der Waals surface area contributed by atoms with Crippen molar-refractivity contribution in [1.29, 1.82) is 0 Å². The molecule has 29 heavy (non-hydrogen) atoms. The Balaban J connectivity index is 1.43. The monoisotopic (exact) mass is 383 g/mol. The summed E-state index contributed by atoms with van der Waals surface area (Å²) in [6, 6.07) is 13.2. The van der Waals surface area contributed by atoms with Gasteiger partial charge in [-0.25, -0.2) is 4.98 Å². The van der Waals surface area contributed by atoms with Crippen molar-refractivity contribution in [2.45, 2.75) is 18.9 Å². The fourth-order valence-corrected chi connectivity index (χ4v) is 3.20. The Morgan fingerprint density at radius 2 is 1.90 bits per heavy atom. The summed E-state index contributed by atoms with van der Waals surface area (Å²) >= 11 is 0. The van der Waals surface area contributed by atoms with Gasteiger partial charge in [-0.2, -0.15) is 0 Å². The van der Waals surface area contributed by atoms with Gasteiger partial charge in [0.2, 0.25) is 0 Å². The Labute approximate surface area is 166 Å². The summed E-state index contributed by atoms with van der Waals surface area (Å²) in [4.78, 5) is 25.8. The van der Waals surface area contributed by atoms with E-state index >= 15 is 0 Å². The van der Waals surface area contributed by atoms with Gasteiger partial charge in [-0.15, -0.1) is 10.2 Å². The number of carbonyl (C=O) groups is 1. The molecule has 8 nitrogen and oxygen atoms in total. The number of nitrogens with one attached hydrogen (secondary N) is 1. The molecule has 1 aliphatic carbocycles. The molecular weight excluding hydrogens is 366 g/mol. The van der Waals surface area contributed by atoms with Crippen molar-refractivity contribution in [3.63, 3.8) is 0 Å². The minimum Gasteiger partial charge on any atom is -0.309 e. The minimum absolute atomic E-state index is 0.326. The standard InChI is InChI=1S/C21H17N7O/c29-21(19-16(3-2-10-23-19)14-8-11-22-12-9-14)26-18-5-1-4-17(25-18)20-27-24-13-28(20)15-6-7-15/h1-5,8-13,15H,6-7H2,(H,25,26,29). The molecule has 1 aliphatic rings. The zero-order valence-electron chi connectivity index (χ0n) is 15.4. The summed E-state index contributed by atoms with van der Waals surface area (Å²) in [5.41, 5.74) is 2.60. The first-order chi connectivity index (χ1) is 14.3. The van der Waals surface area contributed by atoms with Crippen LogP contribution in [0.15, 0.2) is 67.4 Å². The first-order valence-electron chi connectivity index (χ1n) is 9.33. The van der Waals surface area contributed by atoms with Gasteiger partial charge in [0.25, 0.3) is 5.91 Å². The lowest BCUT2D eigenvalue weighted by atomic mass is 10.1. The predicted molar refractivity (Wildman–Crippen MR) is 107 cm³/mol. The molecule has 1 saturated carbocycles. The SMILES string of the molecule is O=C(Nc1cccc(-c2nncn2C2CC2)n1)c1ncccc1-c1ccncc1. The number of amides is 1. The van der Waals surface area contributed by atoms with Crippen LogP contribution in [-0.2, 0) is 0 Å². The Morgan fingerprint density at radius 1 is 1.03 bits per heavy atom. The summed E-state index contributed by atoms with van der Waals surface area (Å²) in [7, 11) is 0. The Morgan fingerprint density at radius 3 is 2.72 bits per heavy atom. The molecule has 4 heterocycles. The van der Waals surface area contributed by atoms with Crippen LogP contribution >= 0.6 is 0 Å². The van der Waals surface area contributed by atoms with E-state index in [2.05, 4.69) is 30.5 Å². The van der Waals surface area contributed by atoms with E-state index in [0.717, 1.165) is 24.0 Å². The Kier molecular flexibility index (Phi) is 4.28. The first kappa shape index (κ1) is 17.2. The number of nitrogens with zero attached hydrogens (tertiary/aromatic N) is 6. The van der Waals surface area contributed by atoms with Crippen molar-refractivity contribution in [3.8, 4) is 22.6 Å². The highest BCUT2D eigenvalue weighted by molar-refractivity contribution is 6.06. The van der Waals surface area contributed by atoms with Crippen LogP contribution < -0.4 is 5.32 Å². The minimum atomic E-state index is -0.328. The van der Waals surface area contributed by atoms with E-state index in [1.54, 1.807) is 37.1 Å². The van der Waals surface area contributed by atoms with E-state index in [-0.39, 0.29) is 5.91 Å². The molecule has 142 valence electrons. The summed E-state index contributed by atoms with van der Waals surface area (Å²) in [5, 5.41) is 11.1. The molecule has 8 heteroatoms. The second-order valence-electron chi connectivity index (χ2n) is 6.79. The molecule has 0 spiro atoms. The highest BCUT2D eigenvalue weighted by Gasteiger charge is 2.27. The van der Waals surface area contributed by atoms with Crippen LogP contribution in [0.2, 0.25) is 0 Å². The molecule has 0 aliphatic heterocycles. The number of hydrogen-bond acceptors (Lipinski definition) is 6. The zero-order valence-corrected chi connectivity index (χ0v) is 15.4. The molecule has 5 rings (SSSR count). The third-order valence-corrected chi connectivity index (χ3v) is 4.75. The van der Waals surface area contributed by atoms with Gasteiger partial charge < -0.3 is 9.88 Å². The van der Waals surface area contributed by atoms with Crippen LogP contribution in [0, 0.1) is 0 Å². The fourth-order valence-electron chi connectivity index (χ4n) is 3.20.